The van der Waals surface area contributed by atoms with Crippen LogP contribution in [-0.4, -0.2) is 188 Å². The van der Waals surface area contributed by atoms with E-state index in [1.165, 1.54) is 20.8 Å². The first-order chi connectivity index (χ1) is 25.7. The number of nitrogens with two attached hydrogens (primary N) is 1. The SMILES string of the molecule is CCOCC1O[C@@H](COC[C@@H]2C(CO)O[C@@H](O)C(NC(C)=O)[C@H]2OCC)C(NC(C)=O)[C@@H](OC(C)N)[C@@H]1COC[C@@H]1OC(CO)[C@@H](O)[C@H](O)C1NC(C)=O. The molecule has 20 heteroatoms. The third kappa shape index (κ3) is 12.7. The number of hydrogen-bond acceptors (Lipinski definition) is 17. The van der Waals surface area contributed by atoms with Crippen molar-refractivity contribution in [2.75, 3.05) is 59.5 Å². The third-order valence-electron chi connectivity index (χ3n) is 9.60. The second kappa shape index (κ2) is 22.6. The summed E-state index contributed by atoms with van der Waals surface area (Å²) >= 11 is 0. The second-order valence-electron chi connectivity index (χ2n) is 13.8. The van der Waals surface area contributed by atoms with Crippen molar-refractivity contribution in [3.63, 3.8) is 0 Å². The lowest BCUT2D eigenvalue weighted by atomic mass is 9.85. The normalized spacial score (nSPS) is 37.7. The largest absolute Gasteiger partial charge is 0.394 e. The van der Waals surface area contributed by atoms with Gasteiger partial charge in [-0.05, 0) is 20.8 Å². The summed E-state index contributed by atoms with van der Waals surface area (Å²) in [6.45, 7) is 8.32. The Morgan fingerprint density at radius 3 is 1.65 bits per heavy atom. The minimum absolute atomic E-state index is 0.0565. The van der Waals surface area contributed by atoms with Crippen molar-refractivity contribution in [1.82, 2.24) is 16.0 Å². The van der Waals surface area contributed by atoms with Crippen LogP contribution in [0.4, 0.5) is 0 Å². The molecule has 0 bridgehead atoms. The van der Waals surface area contributed by atoms with Crippen molar-refractivity contribution >= 4 is 17.7 Å². The number of amides is 3. The molecule has 7 unspecified atom stereocenters. The van der Waals surface area contributed by atoms with E-state index in [4.69, 9.17) is 43.6 Å². The van der Waals surface area contributed by atoms with E-state index in [0.29, 0.717) is 6.61 Å². The number of aliphatic hydroxyl groups is 5. The summed E-state index contributed by atoms with van der Waals surface area (Å²) in [5.41, 5.74) is 6.15. The molecule has 3 saturated heterocycles. The van der Waals surface area contributed by atoms with E-state index in [-0.39, 0.29) is 39.6 Å². The van der Waals surface area contributed by atoms with E-state index in [9.17, 15) is 39.9 Å². The van der Waals surface area contributed by atoms with E-state index in [1.54, 1.807) is 13.8 Å². The molecule has 3 rings (SSSR count). The zero-order valence-corrected chi connectivity index (χ0v) is 31.9. The Morgan fingerprint density at radius 2 is 1.13 bits per heavy atom. The van der Waals surface area contributed by atoms with E-state index >= 15 is 0 Å². The molecule has 0 radical (unpaired) electrons. The summed E-state index contributed by atoms with van der Waals surface area (Å²) in [4.78, 5) is 36.5. The quantitative estimate of drug-likeness (QED) is 0.0530. The summed E-state index contributed by atoms with van der Waals surface area (Å²) in [6.07, 6.45) is -11.2. The molecule has 20 nitrogen and oxygen atoms in total. The minimum Gasteiger partial charge on any atom is -0.394 e. The molecule has 54 heavy (non-hydrogen) atoms. The fraction of sp³-hybridized carbons (Fsp3) is 0.912. The van der Waals surface area contributed by atoms with Crippen LogP contribution in [-0.2, 0) is 52.3 Å². The van der Waals surface area contributed by atoms with Gasteiger partial charge >= 0.3 is 0 Å². The van der Waals surface area contributed by atoms with E-state index in [1.807, 2.05) is 6.92 Å². The van der Waals surface area contributed by atoms with Gasteiger partial charge in [0.2, 0.25) is 17.7 Å². The fourth-order valence-corrected chi connectivity index (χ4v) is 7.27. The summed E-state index contributed by atoms with van der Waals surface area (Å²) in [5, 5.41) is 59.7. The molecule has 3 amide bonds. The standard InChI is InChI=1S/C34H62N4O16/c1-7-47-13-24-21(12-49-14-25-27(36-17(4)41)31(45)30(44)23(10-40)52-25)33(51-16(3)35)28(37-18(5)42)26(53-24)15-48-11-20-22(9-39)54-34(46)29(38-19(6)43)32(20)50-8-2/h16,20-34,39-40,44-46H,7-15,35H2,1-6H3,(H,36,41)(H,37,42)(H,38,43)/t16?,20-,21-,22?,23?,24?,25+,26+,27?,28?,29?,30-,31-,32+,33+,34-/m1/s1. The van der Waals surface area contributed by atoms with Crippen LogP contribution in [0.3, 0.4) is 0 Å². The van der Waals surface area contributed by atoms with Crippen LogP contribution in [0.2, 0.25) is 0 Å². The van der Waals surface area contributed by atoms with Gasteiger partial charge in [-0.15, -0.1) is 0 Å². The smallest absolute Gasteiger partial charge is 0.217 e. The highest BCUT2D eigenvalue weighted by Crippen LogP contribution is 2.33. The van der Waals surface area contributed by atoms with Crippen molar-refractivity contribution in [3.05, 3.63) is 0 Å². The van der Waals surface area contributed by atoms with Crippen LogP contribution >= 0.6 is 0 Å². The van der Waals surface area contributed by atoms with Crippen molar-refractivity contribution in [2.24, 2.45) is 17.6 Å². The summed E-state index contributed by atoms with van der Waals surface area (Å²) in [5.74, 6) is -2.53. The van der Waals surface area contributed by atoms with Gasteiger partial charge in [-0.3, -0.25) is 14.4 Å². The Hall–Kier alpha value is -2.15. The Morgan fingerprint density at radius 1 is 0.630 bits per heavy atom. The van der Waals surface area contributed by atoms with Gasteiger partial charge in [0.05, 0.1) is 82.7 Å². The van der Waals surface area contributed by atoms with E-state index in [2.05, 4.69) is 16.0 Å². The van der Waals surface area contributed by atoms with Gasteiger partial charge in [0.25, 0.3) is 0 Å². The number of nitrogens with one attached hydrogen (secondary N) is 3. The molecular weight excluding hydrogens is 720 g/mol. The number of aliphatic hydroxyl groups excluding tert-OH is 5. The lowest BCUT2D eigenvalue weighted by Crippen LogP contribution is -2.66. The second-order valence-corrected chi connectivity index (χ2v) is 13.8. The first-order valence-corrected chi connectivity index (χ1v) is 18.5. The van der Waals surface area contributed by atoms with E-state index < -0.39 is 128 Å². The molecule has 0 aromatic heterocycles. The number of ether oxygens (including phenoxy) is 8. The maximum absolute atomic E-state index is 12.6. The monoisotopic (exact) mass is 782 g/mol. The Balaban J connectivity index is 1.85. The van der Waals surface area contributed by atoms with Crippen molar-refractivity contribution < 1.29 is 77.8 Å². The van der Waals surface area contributed by atoms with Gasteiger partial charge in [-0.25, -0.2) is 0 Å². The zero-order valence-electron chi connectivity index (χ0n) is 31.9. The fourth-order valence-electron chi connectivity index (χ4n) is 7.27. The van der Waals surface area contributed by atoms with Gasteiger partial charge in [0.1, 0.15) is 42.8 Å². The zero-order chi connectivity index (χ0) is 40.1. The predicted molar refractivity (Wildman–Crippen MR) is 186 cm³/mol. The van der Waals surface area contributed by atoms with Gasteiger partial charge < -0.3 is 85.1 Å². The molecule has 3 aliphatic rings. The average Bonchev–Trinajstić information content (AvgIpc) is 3.10. The predicted octanol–water partition coefficient (Wildman–Crippen LogP) is -4.14. The molecule has 0 aliphatic carbocycles. The third-order valence-corrected chi connectivity index (χ3v) is 9.60. The molecule has 0 saturated carbocycles. The Bertz CT molecular complexity index is 1160. The topological polar surface area (TPSA) is 288 Å². The van der Waals surface area contributed by atoms with Crippen molar-refractivity contribution in [2.45, 2.75) is 127 Å². The number of carbonyl (C=O) groups is 3. The van der Waals surface area contributed by atoms with Gasteiger partial charge in [0, 0.05) is 45.8 Å². The van der Waals surface area contributed by atoms with Crippen LogP contribution in [0.25, 0.3) is 0 Å². The minimum atomic E-state index is -1.46. The van der Waals surface area contributed by atoms with Crippen LogP contribution in [0.15, 0.2) is 0 Å². The van der Waals surface area contributed by atoms with Crippen molar-refractivity contribution in [1.29, 1.82) is 0 Å². The van der Waals surface area contributed by atoms with Crippen molar-refractivity contribution in [3.8, 4) is 0 Å². The molecule has 3 aliphatic heterocycles. The molecule has 3 heterocycles. The molecule has 314 valence electrons. The number of rotatable bonds is 20. The summed E-state index contributed by atoms with van der Waals surface area (Å²) in [6, 6.07) is -2.82. The first-order valence-electron chi connectivity index (χ1n) is 18.5. The van der Waals surface area contributed by atoms with Gasteiger partial charge in [0.15, 0.2) is 6.29 Å². The number of carbonyl (C=O) groups excluding carboxylic acids is 3. The van der Waals surface area contributed by atoms with Crippen LogP contribution in [0.5, 0.6) is 0 Å². The summed E-state index contributed by atoms with van der Waals surface area (Å²) in [7, 11) is 0. The lowest BCUT2D eigenvalue weighted by Gasteiger charge is -2.48. The highest BCUT2D eigenvalue weighted by molar-refractivity contribution is 5.74. The number of hydrogen-bond donors (Lipinski definition) is 9. The molecule has 0 aromatic rings. The first kappa shape index (κ1) is 46.2. The highest BCUT2D eigenvalue weighted by atomic mass is 16.6. The van der Waals surface area contributed by atoms with Crippen LogP contribution < -0.4 is 21.7 Å². The van der Waals surface area contributed by atoms with Crippen LogP contribution in [0.1, 0.15) is 41.5 Å². The van der Waals surface area contributed by atoms with E-state index in [0.717, 1.165) is 0 Å². The van der Waals surface area contributed by atoms with Gasteiger partial charge in [-0.2, -0.15) is 0 Å². The van der Waals surface area contributed by atoms with Gasteiger partial charge in [-0.1, -0.05) is 0 Å². The highest BCUT2D eigenvalue weighted by Gasteiger charge is 2.50. The lowest BCUT2D eigenvalue weighted by molar-refractivity contribution is -0.256. The van der Waals surface area contributed by atoms with Crippen LogP contribution in [0, 0.1) is 11.8 Å². The molecule has 0 spiro atoms. The molecular formula is C34H62N4O16. The maximum Gasteiger partial charge on any atom is 0.217 e. The summed E-state index contributed by atoms with van der Waals surface area (Å²) < 4.78 is 48.2. The molecule has 3 fully saturated rings. The Kier molecular flexibility index (Phi) is 19.3. The molecule has 10 N–H and O–H groups in total. The molecule has 0 aromatic carbocycles. The maximum atomic E-state index is 12.6. The average molecular weight is 783 g/mol. The molecule has 16 atom stereocenters. The Labute approximate surface area is 315 Å².